The molecule has 0 bridgehead atoms. The number of anilines is 1. The van der Waals surface area contributed by atoms with E-state index in [0.717, 1.165) is 25.2 Å². The van der Waals surface area contributed by atoms with Gasteiger partial charge in [0, 0.05) is 19.1 Å². The summed E-state index contributed by atoms with van der Waals surface area (Å²) in [6, 6.07) is 0.844. The lowest BCUT2D eigenvalue weighted by Gasteiger charge is -2.29. The number of aromatic nitrogens is 2. The lowest BCUT2D eigenvalue weighted by molar-refractivity contribution is 0.100. The minimum Gasteiger partial charge on any atom is -0.367 e. The zero-order valence-electron chi connectivity index (χ0n) is 11.2. The maximum Gasteiger partial charge on any atom is 0.254 e. The number of nitrogens with one attached hydrogen (secondary N) is 2. The van der Waals surface area contributed by atoms with Crippen LogP contribution in [0.3, 0.4) is 0 Å². The molecule has 4 N–H and O–H groups in total. The molecule has 0 radical (unpaired) electrons. The van der Waals surface area contributed by atoms with Gasteiger partial charge in [0.15, 0.2) is 0 Å². The molecule has 1 aliphatic heterocycles. The van der Waals surface area contributed by atoms with Crippen LogP contribution in [0.4, 0.5) is 5.82 Å². The standard InChI is InChI=1S/C12H21N5O/c1-7-6-9(4-5-14-7)15-12-10(11(13)18)8(2)16-17(12)3/h7,9,14-15H,4-6H2,1-3H3,(H2,13,18). The Morgan fingerprint density at radius 1 is 1.61 bits per heavy atom. The number of primary amides is 1. The summed E-state index contributed by atoms with van der Waals surface area (Å²) in [6.07, 6.45) is 2.06. The van der Waals surface area contributed by atoms with Crippen LogP contribution < -0.4 is 16.4 Å². The van der Waals surface area contributed by atoms with Crippen LogP contribution in [-0.4, -0.2) is 34.3 Å². The topological polar surface area (TPSA) is 85.0 Å². The zero-order chi connectivity index (χ0) is 13.3. The molecule has 0 aromatic carbocycles. The van der Waals surface area contributed by atoms with E-state index in [1.165, 1.54) is 0 Å². The Morgan fingerprint density at radius 2 is 2.33 bits per heavy atom. The van der Waals surface area contributed by atoms with Gasteiger partial charge in [-0.25, -0.2) is 0 Å². The molecule has 2 atom stereocenters. The van der Waals surface area contributed by atoms with Crippen LogP contribution in [0.1, 0.15) is 35.8 Å². The molecule has 18 heavy (non-hydrogen) atoms. The molecule has 1 aliphatic rings. The molecular weight excluding hydrogens is 230 g/mol. The molecule has 6 heteroatoms. The fourth-order valence-corrected chi connectivity index (χ4v) is 2.58. The van der Waals surface area contributed by atoms with Gasteiger partial charge in [0.05, 0.1) is 5.69 Å². The third-order valence-electron chi connectivity index (χ3n) is 3.43. The molecule has 100 valence electrons. The summed E-state index contributed by atoms with van der Waals surface area (Å²) >= 11 is 0. The van der Waals surface area contributed by atoms with Crippen LogP contribution in [0, 0.1) is 6.92 Å². The van der Waals surface area contributed by atoms with Gasteiger partial charge in [0.25, 0.3) is 5.91 Å². The number of aryl methyl sites for hydroxylation is 2. The van der Waals surface area contributed by atoms with E-state index in [-0.39, 0.29) is 0 Å². The van der Waals surface area contributed by atoms with E-state index < -0.39 is 5.91 Å². The second kappa shape index (κ2) is 4.97. The first-order valence-electron chi connectivity index (χ1n) is 6.32. The largest absolute Gasteiger partial charge is 0.367 e. The molecule has 0 spiro atoms. The molecule has 0 saturated carbocycles. The van der Waals surface area contributed by atoms with Crippen molar-refractivity contribution in [3.8, 4) is 0 Å². The van der Waals surface area contributed by atoms with E-state index in [0.29, 0.717) is 23.3 Å². The number of piperidine rings is 1. The van der Waals surface area contributed by atoms with E-state index in [9.17, 15) is 4.79 Å². The van der Waals surface area contributed by atoms with Crippen molar-refractivity contribution in [3.05, 3.63) is 11.3 Å². The van der Waals surface area contributed by atoms with Gasteiger partial charge in [-0.05, 0) is 33.2 Å². The number of rotatable bonds is 3. The van der Waals surface area contributed by atoms with Crippen LogP contribution in [0.15, 0.2) is 0 Å². The van der Waals surface area contributed by atoms with Gasteiger partial charge in [0.2, 0.25) is 0 Å². The van der Waals surface area contributed by atoms with Gasteiger partial charge in [0.1, 0.15) is 11.4 Å². The zero-order valence-corrected chi connectivity index (χ0v) is 11.2. The minimum absolute atomic E-state index is 0.356. The molecule has 0 aliphatic carbocycles. The van der Waals surface area contributed by atoms with Crippen LogP contribution >= 0.6 is 0 Å². The Balaban J connectivity index is 2.20. The van der Waals surface area contributed by atoms with Crippen molar-refractivity contribution in [3.63, 3.8) is 0 Å². The highest BCUT2D eigenvalue weighted by Crippen LogP contribution is 2.21. The molecule has 6 nitrogen and oxygen atoms in total. The van der Waals surface area contributed by atoms with E-state index in [4.69, 9.17) is 5.73 Å². The van der Waals surface area contributed by atoms with Crippen molar-refractivity contribution in [2.24, 2.45) is 12.8 Å². The summed E-state index contributed by atoms with van der Waals surface area (Å²) in [5, 5.41) is 11.1. The van der Waals surface area contributed by atoms with E-state index in [2.05, 4.69) is 22.7 Å². The Labute approximate surface area is 107 Å². The van der Waals surface area contributed by atoms with Gasteiger partial charge >= 0.3 is 0 Å². The smallest absolute Gasteiger partial charge is 0.254 e. The van der Waals surface area contributed by atoms with E-state index in [1.54, 1.807) is 11.6 Å². The normalized spacial score (nSPS) is 23.9. The van der Waals surface area contributed by atoms with Crippen molar-refractivity contribution < 1.29 is 4.79 Å². The maximum absolute atomic E-state index is 11.5. The summed E-state index contributed by atoms with van der Waals surface area (Å²) in [5.74, 6) is 0.309. The summed E-state index contributed by atoms with van der Waals surface area (Å²) in [6.45, 7) is 4.95. The summed E-state index contributed by atoms with van der Waals surface area (Å²) in [4.78, 5) is 11.5. The SMILES string of the molecule is Cc1nn(C)c(NC2CCNC(C)C2)c1C(N)=O. The number of nitrogens with two attached hydrogens (primary N) is 1. The van der Waals surface area contributed by atoms with Gasteiger partial charge in [-0.2, -0.15) is 5.10 Å². The highest BCUT2D eigenvalue weighted by atomic mass is 16.1. The van der Waals surface area contributed by atoms with Crippen molar-refractivity contribution >= 4 is 11.7 Å². The Kier molecular flexibility index (Phi) is 3.56. The van der Waals surface area contributed by atoms with Crippen LogP contribution in [0.5, 0.6) is 0 Å². The highest BCUT2D eigenvalue weighted by Gasteiger charge is 2.23. The highest BCUT2D eigenvalue weighted by molar-refractivity contribution is 5.98. The number of hydrogen-bond acceptors (Lipinski definition) is 4. The Hall–Kier alpha value is -1.56. The second-order valence-corrected chi connectivity index (χ2v) is 5.02. The van der Waals surface area contributed by atoms with E-state index in [1.807, 2.05) is 7.05 Å². The third-order valence-corrected chi connectivity index (χ3v) is 3.43. The molecule has 1 aromatic heterocycles. The first-order valence-corrected chi connectivity index (χ1v) is 6.32. The Morgan fingerprint density at radius 3 is 2.94 bits per heavy atom. The molecule has 2 unspecified atom stereocenters. The van der Waals surface area contributed by atoms with Crippen molar-refractivity contribution in [2.45, 2.75) is 38.8 Å². The van der Waals surface area contributed by atoms with Gasteiger partial charge in [-0.15, -0.1) is 0 Å². The van der Waals surface area contributed by atoms with Crippen LogP contribution in [0.25, 0.3) is 0 Å². The average molecular weight is 251 g/mol. The molecule has 2 heterocycles. The van der Waals surface area contributed by atoms with Gasteiger partial charge < -0.3 is 16.4 Å². The molecule has 1 fully saturated rings. The van der Waals surface area contributed by atoms with Crippen LogP contribution in [0.2, 0.25) is 0 Å². The van der Waals surface area contributed by atoms with Crippen molar-refractivity contribution in [1.82, 2.24) is 15.1 Å². The van der Waals surface area contributed by atoms with Crippen LogP contribution in [-0.2, 0) is 7.05 Å². The maximum atomic E-state index is 11.5. The first kappa shape index (κ1) is 12.9. The number of carbonyl (C=O) groups excluding carboxylic acids is 1. The predicted octanol–water partition coefficient (Wildman–Crippen LogP) is 0.380. The Bertz CT molecular complexity index is 454. The van der Waals surface area contributed by atoms with Gasteiger partial charge in [-0.3, -0.25) is 9.48 Å². The molecule has 1 amide bonds. The minimum atomic E-state index is -0.426. The molecular formula is C12H21N5O. The number of amides is 1. The monoisotopic (exact) mass is 251 g/mol. The molecule has 1 aromatic rings. The lowest BCUT2D eigenvalue weighted by Crippen LogP contribution is -2.41. The lowest BCUT2D eigenvalue weighted by atomic mass is 10.0. The fourth-order valence-electron chi connectivity index (χ4n) is 2.58. The summed E-state index contributed by atoms with van der Waals surface area (Å²) in [7, 11) is 1.83. The average Bonchev–Trinajstić information content (AvgIpc) is 2.53. The fraction of sp³-hybridized carbons (Fsp3) is 0.667. The van der Waals surface area contributed by atoms with Gasteiger partial charge in [-0.1, -0.05) is 0 Å². The number of carbonyl (C=O) groups is 1. The summed E-state index contributed by atoms with van der Waals surface area (Å²) < 4.78 is 1.70. The molecule has 2 rings (SSSR count). The third kappa shape index (κ3) is 2.48. The van der Waals surface area contributed by atoms with Crippen molar-refractivity contribution in [2.75, 3.05) is 11.9 Å². The van der Waals surface area contributed by atoms with Crippen molar-refractivity contribution in [1.29, 1.82) is 0 Å². The summed E-state index contributed by atoms with van der Waals surface area (Å²) in [5.41, 5.74) is 6.60. The quantitative estimate of drug-likeness (QED) is 0.725. The second-order valence-electron chi connectivity index (χ2n) is 5.02. The number of nitrogens with zero attached hydrogens (tertiary/aromatic N) is 2. The molecule has 1 saturated heterocycles. The first-order chi connectivity index (χ1) is 8.49. The predicted molar refractivity (Wildman–Crippen MR) is 70.6 cm³/mol. The van der Waals surface area contributed by atoms with E-state index >= 15 is 0 Å². The number of hydrogen-bond donors (Lipinski definition) is 3.